The van der Waals surface area contributed by atoms with Gasteiger partial charge < -0.3 is 0 Å². The number of terminal acetylenes is 1. The van der Waals surface area contributed by atoms with Crippen molar-refractivity contribution in [1.82, 2.24) is 4.90 Å². The van der Waals surface area contributed by atoms with Crippen LogP contribution in [0.1, 0.15) is 24.0 Å². The molecule has 0 aromatic heterocycles. The van der Waals surface area contributed by atoms with Crippen LogP contribution in [0.5, 0.6) is 0 Å². The third-order valence-corrected chi connectivity index (χ3v) is 3.72. The number of rotatable bonds is 3. The van der Waals surface area contributed by atoms with Gasteiger partial charge in [-0.3, -0.25) is 4.90 Å². The maximum Gasteiger partial charge on any atom is 0.416 e. The number of allylic oxidation sites excluding steroid dienone is 1. The van der Waals surface area contributed by atoms with Crippen LogP contribution in [0.25, 0.3) is 6.08 Å². The summed E-state index contributed by atoms with van der Waals surface area (Å²) >= 11 is 0. The Balaban J connectivity index is 1.95. The van der Waals surface area contributed by atoms with Crippen molar-refractivity contribution in [2.75, 3.05) is 19.6 Å². The predicted molar refractivity (Wildman–Crippen MR) is 78.5 cm³/mol. The normalized spacial score (nSPS) is 18.0. The molecule has 0 aliphatic carbocycles. The van der Waals surface area contributed by atoms with Gasteiger partial charge in [0.1, 0.15) is 0 Å². The number of alkyl halides is 3. The SMILES string of the molecule is C#CCN1CCC(/C=C\c2cccc(C(F)(F)F)c2)CC1. The molecule has 1 aliphatic heterocycles. The Morgan fingerprint density at radius 2 is 2.00 bits per heavy atom. The molecular weight excluding hydrogens is 275 g/mol. The number of halogens is 3. The molecule has 1 saturated heterocycles. The molecule has 0 amide bonds. The topological polar surface area (TPSA) is 3.24 Å². The maximum atomic E-state index is 12.6. The summed E-state index contributed by atoms with van der Waals surface area (Å²) < 4.78 is 37.9. The van der Waals surface area contributed by atoms with E-state index in [9.17, 15) is 13.2 Å². The van der Waals surface area contributed by atoms with Crippen molar-refractivity contribution in [3.63, 3.8) is 0 Å². The number of hydrogen-bond donors (Lipinski definition) is 0. The standard InChI is InChI=1S/C17H18F3N/c1-2-10-21-11-8-14(9-12-21)6-7-15-4-3-5-16(13-15)17(18,19)20/h1,3-7,13-14H,8-12H2/b7-6-. The van der Waals surface area contributed by atoms with Crippen LogP contribution in [0.4, 0.5) is 13.2 Å². The summed E-state index contributed by atoms with van der Waals surface area (Å²) in [7, 11) is 0. The first kappa shape index (κ1) is 15.7. The smallest absolute Gasteiger partial charge is 0.292 e. The number of nitrogens with zero attached hydrogens (tertiary/aromatic N) is 1. The van der Waals surface area contributed by atoms with Crippen molar-refractivity contribution >= 4 is 6.08 Å². The number of likely N-dealkylation sites (tertiary alicyclic amines) is 1. The molecule has 1 heterocycles. The van der Waals surface area contributed by atoms with Crippen molar-refractivity contribution in [3.05, 3.63) is 41.5 Å². The van der Waals surface area contributed by atoms with Crippen LogP contribution in [0.3, 0.4) is 0 Å². The zero-order chi connectivity index (χ0) is 15.3. The van der Waals surface area contributed by atoms with Gasteiger partial charge in [-0.15, -0.1) is 6.42 Å². The van der Waals surface area contributed by atoms with E-state index in [0.717, 1.165) is 32.0 Å². The van der Waals surface area contributed by atoms with Crippen LogP contribution in [0.15, 0.2) is 30.3 Å². The Labute approximate surface area is 123 Å². The zero-order valence-electron chi connectivity index (χ0n) is 11.7. The summed E-state index contributed by atoms with van der Waals surface area (Å²) in [5, 5.41) is 0. The first-order valence-electron chi connectivity index (χ1n) is 7.00. The molecule has 0 N–H and O–H groups in total. The highest BCUT2D eigenvalue weighted by atomic mass is 19.4. The van der Waals surface area contributed by atoms with E-state index in [2.05, 4.69) is 10.8 Å². The van der Waals surface area contributed by atoms with Gasteiger partial charge in [0.2, 0.25) is 0 Å². The second-order valence-corrected chi connectivity index (χ2v) is 5.30. The Bertz CT molecular complexity index is 532. The number of hydrogen-bond acceptors (Lipinski definition) is 1. The van der Waals surface area contributed by atoms with Crippen LogP contribution in [0.2, 0.25) is 0 Å². The molecule has 1 aliphatic rings. The number of benzene rings is 1. The predicted octanol–water partition coefficient (Wildman–Crippen LogP) is 4.06. The van der Waals surface area contributed by atoms with Crippen molar-refractivity contribution in [3.8, 4) is 12.3 Å². The van der Waals surface area contributed by atoms with Gasteiger partial charge in [-0.2, -0.15) is 13.2 Å². The summed E-state index contributed by atoms with van der Waals surface area (Å²) in [4.78, 5) is 2.22. The fraction of sp³-hybridized carbons (Fsp3) is 0.412. The molecule has 2 rings (SSSR count). The van der Waals surface area contributed by atoms with E-state index in [0.29, 0.717) is 18.0 Å². The minimum absolute atomic E-state index is 0.411. The van der Waals surface area contributed by atoms with Gasteiger partial charge in [-0.1, -0.05) is 30.2 Å². The summed E-state index contributed by atoms with van der Waals surface area (Å²) in [5.74, 6) is 3.04. The zero-order valence-corrected chi connectivity index (χ0v) is 11.7. The van der Waals surface area contributed by atoms with Gasteiger partial charge in [0.05, 0.1) is 12.1 Å². The molecule has 0 bridgehead atoms. The first-order chi connectivity index (χ1) is 9.99. The molecule has 112 valence electrons. The molecule has 4 heteroatoms. The lowest BCUT2D eigenvalue weighted by Crippen LogP contribution is -2.33. The van der Waals surface area contributed by atoms with Crippen molar-refractivity contribution in [2.45, 2.75) is 19.0 Å². The molecule has 0 radical (unpaired) electrons. The van der Waals surface area contributed by atoms with E-state index in [4.69, 9.17) is 6.42 Å². The van der Waals surface area contributed by atoms with Crippen LogP contribution < -0.4 is 0 Å². The lowest BCUT2D eigenvalue weighted by Gasteiger charge is -2.28. The monoisotopic (exact) mass is 293 g/mol. The van der Waals surface area contributed by atoms with E-state index in [1.54, 1.807) is 12.1 Å². The Hall–Kier alpha value is -1.73. The van der Waals surface area contributed by atoms with E-state index >= 15 is 0 Å². The van der Waals surface area contributed by atoms with Gasteiger partial charge in [-0.05, 0) is 49.5 Å². The van der Waals surface area contributed by atoms with Gasteiger partial charge in [0.15, 0.2) is 0 Å². The Morgan fingerprint density at radius 3 is 2.62 bits per heavy atom. The summed E-state index contributed by atoms with van der Waals surface area (Å²) in [6.07, 6.45) is 6.79. The van der Waals surface area contributed by atoms with Crippen LogP contribution >= 0.6 is 0 Å². The molecule has 0 atom stereocenters. The quantitative estimate of drug-likeness (QED) is 0.760. The second kappa shape index (κ2) is 6.82. The molecule has 1 aromatic rings. The van der Waals surface area contributed by atoms with Gasteiger partial charge in [0, 0.05) is 0 Å². The summed E-state index contributed by atoms with van der Waals surface area (Å²) in [5.41, 5.74) is -0.00984. The summed E-state index contributed by atoms with van der Waals surface area (Å²) in [6.45, 7) is 2.56. The molecule has 0 unspecified atom stereocenters. The van der Waals surface area contributed by atoms with Crippen LogP contribution in [-0.2, 0) is 6.18 Å². The van der Waals surface area contributed by atoms with E-state index in [-0.39, 0.29) is 0 Å². The average Bonchev–Trinajstić information content (AvgIpc) is 2.46. The highest BCUT2D eigenvalue weighted by Crippen LogP contribution is 2.30. The Kier molecular flexibility index (Phi) is 5.08. The lowest BCUT2D eigenvalue weighted by molar-refractivity contribution is -0.137. The van der Waals surface area contributed by atoms with Gasteiger partial charge in [-0.25, -0.2) is 0 Å². The average molecular weight is 293 g/mol. The van der Waals surface area contributed by atoms with E-state index < -0.39 is 11.7 Å². The minimum atomic E-state index is -4.29. The fourth-order valence-electron chi connectivity index (χ4n) is 2.50. The second-order valence-electron chi connectivity index (χ2n) is 5.30. The van der Waals surface area contributed by atoms with Crippen LogP contribution in [-0.4, -0.2) is 24.5 Å². The van der Waals surface area contributed by atoms with Crippen molar-refractivity contribution in [1.29, 1.82) is 0 Å². The molecule has 1 nitrogen and oxygen atoms in total. The molecule has 0 spiro atoms. The minimum Gasteiger partial charge on any atom is -0.292 e. The third-order valence-electron chi connectivity index (χ3n) is 3.72. The van der Waals surface area contributed by atoms with E-state index in [1.165, 1.54) is 12.1 Å². The van der Waals surface area contributed by atoms with E-state index in [1.807, 2.05) is 6.08 Å². The highest BCUT2D eigenvalue weighted by Gasteiger charge is 2.30. The van der Waals surface area contributed by atoms with Crippen molar-refractivity contribution in [2.24, 2.45) is 5.92 Å². The van der Waals surface area contributed by atoms with Crippen LogP contribution in [0, 0.1) is 18.3 Å². The lowest BCUT2D eigenvalue weighted by atomic mass is 9.95. The largest absolute Gasteiger partial charge is 0.416 e. The fourth-order valence-corrected chi connectivity index (χ4v) is 2.50. The molecule has 21 heavy (non-hydrogen) atoms. The van der Waals surface area contributed by atoms with Gasteiger partial charge >= 0.3 is 6.18 Å². The molecular formula is C17H18F3N. The molecule has 1 fully saturated rings. The van der Waals surface area contributed by atoms with Crippen molar-refractivity contribution < 1.29 is 13.2 Å². The molecule has 0 saturated carbocycles. The van der Waals surface area contributed by atoms with Gasteiger partial charge in [0.25, 0.3) is 0 Å². The molecule has 1 aromatic carbocycles. The number of piperidine rings is 1. The maximum absolute atomic E-state index is 12.6. The third kappa shape index (κ3) is 4.64. The highest BCUT2D eigenvalue weighted by molar-refractivity contribution is 5.51. The summed E-state index contributed by atoms with van der Waals surface area (Å²) in [6, 6.07) is 5.41. The Morgan fingerprint density at radius 1 is 1.29 bits per heavy atom. The first-order valence-corrected chi connectivity index (χ1v) is 7.00.